The lowest BCUT2D eigenvalue weighted by atomic mass is 9.73. The van der Waals surface area contributed by atoms with E-state index in [1.165, 1.54) is 32.2 Å². The summed E-state index contributed by atoms with van der Waals surface area (Å²) < 4.78 is 0. The summed E-state index contributed by atoms with van der Waals surface area (Å²) in [5, 5.41) is 0. The van der Waals surface area contributed by atoms with Gasteiger partial charge in [0.2, 0.25) is 0 Å². The summed E-state index contributed by atoms with van der Waals surface area (Å²) >= 11 is 0. The molecule has 0 radical (unpaired) electrons. The summed E-state index contributed by atoms with van der Waals surface area (Å²) in [6, 6.07) is 0.950. The van der Waals surface area contributed by atoms with Gasteiger partial charge in [0.15, 0.2) is 0 Å². The zero-order valence-corrected chi connectivity index (χ0v) is 8.64. The molecule has 2 fully saturated rings. The highest BCUT2D eigenvalue weighted by Gasteiger charge is 2.47. The molecule has 1 aliphatic carbocycles. The third-order valence-corrected chi connectivity index (χ3v) is 4.27. The van der Waals surface area contributed by atoms with Gasteiger partial charge >= 0.3 is 0 Å². The van der Waals surface area contributed by atoms with Crippen LogP contribution in [0.5, 0.6) is 0 Å². The Morgan fingerprint density at radius 1 is 1.33 bits per heavy atom. The van der Waals surface area contributed by atoms with Gasteiger partial charge in [-0.25, -0.2) is 0 Å². The molecule has 1 saturated heterocycles. The van der Waals surface area contributed by atoms with Gasteiger partial charge in [-0.05, 0) is 32.1 Å². The minimum Gasteiger partial charge on any atom is -0.295 e. The first-order valence-electron chi connectivity index (χ1n) is 5.41. The maximum Gasteiger partial charge on any atom is 0.0219 e. The van der Waals surface area contributed by atoms with Crippen molar-refractivity contribution < 1.29 is 0 Å². The number of rotatable bonds is 2. The SMILES string of the molecule is CC(C)C1(C)CCN1C1CCC1. The van der Waals surface area contributed by atoms with Gasteiger partial charge in [-0.2, -0.15) is 0 Å². The Morgan fingerprint density at radius 3 is 2.25 bits per heavy atom. The van der Waals surface area contributed by atoms with Crippen molar-refractivity contribution in [3.05, 3.63) is 0 Å². The first-order valence-corrected chi connectivity index (χ1v) is 5.41. The fourth-order valence-electron chi connectivity index (χ4n) is 2.51. The third kappa shape index (κ3) is 1.02. The van der Waals surface area contributed by atoms with Crippen molar-refractivity contribution >= 4 is 0 Å². The second kappa shape index (κ2) is 2.73. The van der Waals surface area contributed by atoms with Crippen molar-refractivity contribution in [1.82, 2.24) is 4.90 Å². The average molecular weight is 167 g/mol. The van der Waals surface area contributed by atoms with Crippen LogP contribution in [0.4, 0.5) is 0 Å². The standard InChI is InChI=1S/C11H21N/c1-9(2)11(3)7-8-12(11)10-5-4-6-10/h9-10H,4-8H2,1-3H3. The Kier molecular flexibility index (Phi) is 1.95. The first-order chi connectivity index (χ1) is 5.64. The van der Waals surface area contributed by atoms with Crippen LogP contribution in [0.2, 0.25) is 0 Å². The van der Waals surface area contributed by atoms with Crippen LogP contribution < -0.4 is 0 Å². The minimum atomic E-state index is 0.547. The fourth-order valence-corrected chi connectivity index (χ4v) is 2.51. The highest BCUT2D eigenvalue weighted by Crippen LogP contribution is 2.43. The molecule has 0 amide bonds. The van der Waals surface area contributed by atoms with E-state index in [1.54, 1.807) is 0 Å². The summed E-state index contributed by atoms with van der Waals surface area (Å²) in [4.78, 5) is 2.75. The van der Waals surface area contributed by atoms with Crippen molar-refractivity contribution in [3.63, 3.8) is 0 Å². The maximum absolute atomic E-state index is 2.75. The summed E-state index contributed by atoms with van der Waals surface area (Å²) in [5.41, 5.74) is 0.547. The molecule has 2 aliphatic rings. The van der Waals surface area contributed by atoms with Gasteiger partial charge in [-0.1, -0.05) is 20.3 Å². The summed E-state index contributed by atoms with van der Waals surface area (Å²) in [5.74, 6) is 0.826. The predicted octanol–water partition coefficient (Wildman–Crippen LogP) is 2.66. The second-order valence-electron chi connectivity index (χ2n) is 5.04. The molecule has 0 aromatic heterocycles. The quantitative estimate of drug-likeness (QED) is 0.611. The highest BCUT2D eigenvalue weighted by molar-refractivity contribution is 5.02. The summed E-state index contributed by atoms with van der Waals surface area (Å²) in [7, 11) is 0. The lowest BCUT2D eigenvalue weighted by Gasteiger charge is -2.59. The smallest absolute Gasteiger partial charge is 0.0219 e. The van der Waals surface area contributed by atoms with E-state index < -0.39 is 0 Å². The molecule has 1 saturated carbocycles. The summed E-state index contributed by atoms with van der Waals surface area (Å²) in [6.45, 7) is 8.54. The van der Waals surface area contributed by atoms with Crippen molar-refractivity contribution in [3.8, 4) is 0 Å². The predicted molar refractivity (Wildman–Crippen MR) is 52.2 cm³/mol. The molecular weight excluding hydrogens is 146 g/mol. The lowest BCUT2D eigenvalue weighted by molar-refractivity contribution is -0.0891. The Bertz CT molecular complexity index is 172. The lowest BCUT2D eigenvalue weighted by Crippen LogP contribution is -2.65. The molecule has 1 heteroatoms. The summed E-state index contributed by atoms with van der Waals surface area (Å²) in [6.07, 6.45) is 5.81. The molecular formula is C11H21N. The Morgan fingerprint density at radius 2 is 2.00 bits per heavy atom. The molecule has 12 heavy (non-hydrogen) atoms. The topological polar surface area (TPSA) is 3.24 Å². The van der Waals surface area contributed by atoms with Gasteiger partial charge in [-0.15, -0.1) is 0 Å². The number of hydrogen-bond donors (Lipinski definition) is 0. The van der Waals surface area contributed by atoms with E-state index in [0.29, 0.717) is 5.54 Å². The van der Waals surface area contributed by atoms with Crippen LogP contribution in [0, 0.1) is 5.92 Å². The van der Waals surface area contributed by atoms with Crippen LogP contribution in [-0.2, 0) is 0 Å². The molecule has 1 aliphatic heterocycles. The molecule has 1 nitrogen and oxygen atoms in total. The number of hydrogen-bond acceptors (Lipinski definition) is 1. The molecule has 0 aromatic rings. The van der Waals surface area contributed by atoms with E-state index in [2.05, 4.69) is 25.7 Å². The molecule has 0 bridgehead atoms. The van der Waals surface area contributed by atoms with E-state index in [9.17, 15) is 0 Å². The fraction of sp³-hybridized carbons (Fsp3) is 1.00. The van der Waals surface area contributed by atoms with Crippen LogP contribution in [0.3, 0.4) is 0 Å². The minimum absolute atomic E-state index is 0.547. The third-order valence-electron chi connectivity index (χ3n) is 4.27. The average Bonchev–Trinajstić information content (AvgIpc) is 1.92. The van der Waals surface area contributed by atoms with Crippen molar-refractivity contribution in [2.24, 2.45) is 5.92 Å². The van der Waals surface area contributed by atoms with Crippen LogP contribution in [-0.4, -0.2) is 23.0 Å². The van der Waals surface area contributed by atoms with Crippen molar-refractivity contribution in [2.45, 2.75) is 58.0 Å². The molecule has 1 heterocycles. The van der Waals surface area contributed by atoms with Crippen LogP contribution in [0.25, 0.3) is 0 Å². The number of likely N-dealkylation sites (tertiary alicyclic amines) is 1. The van der Waals surface area contributed by atoms with Gasteiger partial charge < -0.3 is 0 Å². The van der Waals surface area contributed by atoms with E-state index >= 15 is 0 Å². The maximum atomic E-state index is 2.75. The molecule has 1 atom stereocenters. The highest BCUT2D eigenvalue weighted by atomic mass is 15.3. The Balaban J connectivity index is 1.98. The largest absolute Gasteiger partial charge is 0.295 e. The second-order valence-corrected chi connectivity index (χ2v) is 5.04. The van der Waals surface area contributed by atoms with Crippen molar-refractivity contribution in [1.29, 1.82) is 0 Å². The van der Waals surface area contributed by atoms with Crippen LogP contribution >= 0.6 is 0 Å². The Hall–Kier alpha value is -0.0400. The van der Waals surface area contributed by atoms with Crippen LogP contribution in [0.1, 0.15) is 46.5 Å². The zero-order valence-electron chi connectivity index (χ0n) is 8.64. The molecule has 2 rings (SSSR count). The molecule has 0 aromatic carbocycles. The molecule has 70 valence electrons. The van der Waals surface area contributed by atoms with Gasteiger partial charge in [0.05, 0.1) is 0 Å². The molecule has 1 unspecified atom stereocenters. The van der Waals surface area contributed by atoms with Gasteiger partial charge in [0.25, 0.3) is 0 Å². The van der Waals surface area contributed by atoms with E-state index in [1.807, 2.05) is 0 Å². The van der Waals surface area contributed by atoms with E-state index in [4.69, 9.17) is 0 Å². The van der Waals surface area contributed by atoms with Gasteiger partial charge in [0, 0.05) is 18.1 Å². The van der Waals surface area contributed by atoms with E-state index in [0.717, 1.165) is 12.0 Å². The Labute approximate surface area is 76.1 Å². The first kappa shape index (κ1) is 8.55. The van der Waals surface area contributed by atoms with Crippen LogP contribution in [0.15, 0.2) is 0 Å². The van der Waals surface area contributed by atoms with E-state index in [-0.39, 0.29) is 0 Å². The van der Waals surface area contributed by atoms with Crippen molar-refractivity contribution in [2.75, 3.05) is 6.54 Å². The zero-order chi connectivity index (χ0) is 8.77. The normalized spacial score (nSPS) is 38.0. The van der Waals surface area contributed by atoms with Gasteiger partial charge in [-0.3, -0.25) is 4.90 Å². The monoisotopic (exact) mass is 167 g/mol. The van der Waals surface area contributed by atoms with Gasteiger partial charge in [0.1, 0.15) is 0 Å². The molecule has 0 N–H and O–H groups in total. The molecule has 0 spiro atoms. The number of nitrogens with zero attached hydrogens (tertiary/aromatic N) is 1.